The maximum Gasteiger partial charge on any atom is 0.271 e. The molecule has 3 rings (SSSR count). The molecule has 0 radical (unpaired) electrons. The number of anilines is 1. The molecule has 134 valence electrons. The average Bonchev–Trinajstić information content (AvgIpc) is 2.73. The lowest BCUT2D eigenvalue weighted by Crippen LogP contribution is -2.19. The zero-order chi connectivity index (χ0) is 19.1. The molecule has 3 aromatic rings. The molecule has 0 fully saturated rings. The van der Waals surface area contributed by atoms with Crippen molar-refractivity contribution in [2.45, 2.75) is 6.92 Å². The Bertz CT molecular complexity index is 967. The van der Waals surface area contributed by atoms with Gasteiger partial charge in [-0.1, -0.05) is 48.5 Å². The number of hydrogen-bond acceptors (Lipinski definition) is 3. The monoisotopic (exact) mass is 357 g/mol. The van der Waals surface area contributed by atoms with Crippen LogP contribution in [0.15, 0.2) is 90.0 Å². The highest BCUT2D eigenvalue weighted by atomic mass is 16.2. The number of benzene rings is 3. The lowest BCUT2D eigenvalue weighted by molar-refractivity contribution is 0.0954. The molecule has 0 atom stereocenters. The van der Waals surface area contributed by atoms with Gasteiger partial charge in [0.1, 0.15) is 0 Å². The zero-order valence-electron chi connectivity index (χ0n) is 14.8. The van der Waals surface area contributed by atoms with Crippen LogP contribution in [0.1, 0.15) is 33.2 Å². The molecule has 0 saturated heterocycles. The second-order valence-corrected chi connectivity index (χ2v) is 5.91. The van der Waals surface area contributed by atoms with E-state index in [0.29, 0.717) is 22.5 Å². The Hall–Kier alpha value is -3.73. The van der Waals surface area contributed by atoms with Crippen LogP contribution in [0.25, 0.3) is 0 Å². The highest BCUT2D eigenvalue weighted by Crippen LogP contribution is 2.13. The molecule has 0 aromatic heterocycles. The van der Waals surface area contributed by atoms with E-state index in [1.165, 1.54) is 0 Å². The summed E-state index contributed by atoms with van der Waals surface area (Å²) in [6.45, 7) is 1.80. The Morgan fingerprint density at radius 3 is 1.89 bits per heavy atom. The molecule has 0 heterocycles. The van der Waals surface area contributed by atoms with Crippen molar-refractivity contribution in [3.63, 3.8) is 0 Å². The van der Waals surface area contributed by atoms with Crippen molar-refractivity contribution in [2.75, 3.05) is 5.32 Å². The van der Waals surface area contributed by atoms with Gasteiger partial charge in [0.15, 0.2) is 0 Å². The van der Waals surface area contributed by atoms with Crippen LogP contribution in [0.5, 0.6) is 0 Å². The summed E-state index contributed by atoms with van der Waals surface area (Å²) < 4.78 is 0. The predicted molar refractivity (Wildman–Crippen MR) is 107 cm³/mol. The van der Waals surface area contributed by atoms with E-state index in [-0.39, 0.29) is 11.8 Å². The quantitative estimate of drug-likeness (QED) is 0.533. The predicted octanol–water partition coefficient (Wildman–Crippen LogP) is 4.09. The second-order valence-electron chi connectivity index (χ2n) is 5.91. The van der Waals surface area contributed by atoms with E-state index >= 15 is 0 Å². The summed E-state index contributed by atoms with van der Waals surface area (Å²) in [5, 5.41) is 7.02. The number of amides is 2. The average molecular weight is 357 g/mol. The van der Waals surface area contributed by atoms with E-state index in [0.717, 1.165) is 5.56 Å². The molecule has 0 spiro atoms. The van der Waals surface area contributed by atoms with Crippen molar-refractivity contribution >= 4 is 23.2 Å². The molecule has 0 bridgehead atoms. The van der Waals surface area contributed by atoms with Crippen molar-refractivity contribution in [2.24, 2.45) is 5.10 Å². The molecule has 3 aromatic carbocycles. The molecule has 0 aliphatic rings. The third-order valence-corrected chi connectivity index (χ3v) is 3.94. The first-order valence-electron chi connectivity index (χ1n) is 8.50. The number of nitrogens with zero attached hydrogens (tertiary/aromatic N) is 1. The van der Waals surface area contributed by atoms with Gasteiger partial charge in [0, 0.05) is 16.8 Å². The van der Waals surface area contributed by atoms with Gasteiger partial charge < -0.3 is 5.32 Å². The minimum Gasteiger partial charge on any atom is -0.322 e. The fourth-order valence-electron chi connectivity index (χ4n) is 2.47. The summed E-state index contributed by atoms with van der Waals surface area (Å²) in [5.41, 5.74) is 5.76. The van der Waals surface area contributed by atoms with Gasteiger partial charge in [-0.15, -0.1) is 0 Å². The van der Waals surface area contributed by atoms with E-state index in [2.05, 4.69) is 15.8 Å². The number of carbonyl (C=O) groups excluding carboxylic acids is 2. The van der Waals surface area contributed by atoms with Gasteiger partial charge in [0.2, 0.25) is 0 Å². The Labute approximate surface area is 157 Å². The summed E-state index contributed by atoms with van der Waals surface area (Å²) in [7, 11) is 0. The summed E-state index contributed by atoms with van der Waals surface area (Å²) in [6, 6.07) is 25.2. The van der Waals surface area contributed by atoms with E-state index in [1.807, 2.05) is 42.5 Å². The zero-order valence-corrected chi connectivity index (χ0v) is 14.8. The number of hydrazone groups is 1. The van der Waals surface area contributed by atoms with Crippen LogP contribution in [0.4, 0.5) is 5.69 Å². The van der Waals surface area contributed by atoms with Crippen LogP contribution >= 0.6 is 0 Å². The SMILES string of the molecule is C/C(=N\NC(=O)c1ccccc1)c1cccc(NC(=O)c2ccccc2)c1. The fourth-order valence-corrected chi connectivity index (χ4v) is 2.47. The lowest BCUT2D eigenvalue weighted by atomic mass is 10.1. The first kappa shape index (κ1) is 18.1. The van der Waals surface area contributed by atoms with Crippen molar-refractivity contribution in [1.82, 2.24) is 5.43 Å². The third kappa shape index (κ3) is 4.89. The molecule has 5 heteroatoms. The molecule has 0 unspecified atom stereocenters. The highest BCUT2D eigenvalue weighted by molar-refractivity contribution is 6.06. The Kier molecular flexibility index (Phi) is 5.74. The largest absolute Gasteiger partial charge is 0.322 e. The standard InChI is InChI=1S/C22H19N3O2/c1-16(24-25-22(27)18-11-6-3-7-12-18)19-13-8-14-20(15-19)23-21(26)17-9-4-2-5-10-17/h2-15H,1H3,(H,23,26)(H,25,27)/b24-16+. The number of carbonyl (C=O) groups is 2. The minimum absolute atomic E-state index is 0.181. The van der Waals surface area contributed by atoms with Crippen LogP contribution in [0, 0.1) is 0 Å². The highest BCUT2D eigenvalue weighted by Gasteiger charge is 2.07. The van der Waals surface area contributed by atoms with Crippen LogP contribution < -0.4 is 10.7 Å². The second kappa shape index (κ2) is 8.58. The normalized spacial score (nSPS) is 10.9. The van der Waals surface area contributed by atoms with E-state index < -0.39 is 0 Å². The molecule has 5 nitrogen and oxygen atoms in total. The topological polar surface area (TPSA) is 70.6 Å². The molecule has 0 aliphatic carbocycles. The minimum atomic E-state index is -0.275. The maximum absolute atomic E-state index is 12.3. The van der Waals surface area contributed by atoms with Crippen molar-refractivity contribution < 1.29 is 9.59 Å². The van der Waals surface area contributed by atoms with Gasteiger partial charge >= 0.3 is 0 Å². The maximum atomic E-state index is 12.3. The molecular weight excluding hydrogens is 338 g/mol. The van der Waals surface area contributed by atoms with Gasteiger partial charge in [-0.25, -0.2) is 5.43 Å². The summed E-state index contributed by atoms with van der Waals surface area (Å²) in [5.74, 6) is -0.455. The Balaban J connectivity index is 1.69. The molecule has 0 saturated carbocycles. The summed E-state index contributed by atoms with van der Waals surface area (Å²) >= 11 is 0. The van der Waals surface area contributed by atoms with Crippen molar-refractivity contribution in [1.29, 1.82) is 0 Å². The van der Waals surface area contributed by atoms with Gasteiger partial charge in [-0.3, -0.25) is 9.59 Å². The smallest absolute Gasteiger partial charge is 0.271 e. The lowest BCUT2D eigenvalue weighted by Gasteiger charge is -2.08. The summed E-state index contributed by atoms with van der Waals surface area (Å²) in [6.07, 6.45) is 0. The Morgan fingerprint density at radius 1 is 0.704 bits per heavy atom. The van der Waals surface area contributed by atoms with Crippen LogP contribution in [0.3, 0.4) is 0 Å². The first-order valence-corrected chi connectivity index (χ1v) is 8.50. The van der Waals surface area contributed by atoms with Crippen LogP contribution in [-0.4, -0.2) is 17.5 Å². The van der Waals surface area contributed by atoms with Crippen LogP contribution in [-0.2, 0) is 0 Å². The van der Waals surface area contributed by atoms with Gasteiger partial charge in [-0.05, 0) is 48.9 Å². The van der Waals surface area contributed by atoms with Gasteiger partial charge in [0.05, 0.1) is 5.71 Å². The number of hydrogen-bond donors (Lipinski definition) is 2. The third-order valence-electron chi connectivity index (χ3n) is 3.94. The van der Waals surface area contributed by atoms with Gasteiger partial charge in [0.25, 0.3) is 11.8 Å². The first-order chi connectivity index (χ1) is 13.1. The molecule has 27 heavy (non-hydrogen) atoms. The van der Waals surface area contributed by atoms with Crippen molar-refractivity contribution in [3.05, 3.63) is 102 Å². The molecule has 2 amide bonds. The number of nitrogens with one attached hydrogen (secondary N) is 2. The summed E-state index contributed by atoms with van der Waals surface area (Å²) in [4.78, 5) is 24.3. The molecular formula is C22H19N3O2. The van der Waals surface area contributed by atoms with Crippen LogP contribution in [0.2, 0.25) is 0 Å². The fraction of sp³-hybridized carbons (Fsp3) is 0.0455. The van der Waals surface area contributed by atoms with E-state index in [1.54, 1.807) is 49.4 Å². The Morgan fingerprint density at radius 2 is 1.26 bits per heavy atom. The molecule has 2 N–H and O–H groups in total. The van der Waals surface area contributed by atoms with E-state index in [9.17, 15) is 9.59 Å². The van der Waals surface area contributed by atoms with E-state index in [4.69, 9.17) is 0 Å². The van der Waals surface area contributed by atoms with Crippen molar-refractivity contribution in [3.8, 4) is 0 Å². The molecule has 0 aliphatic heterocycles. The number of rotatable bonds is 5. The van der Waals surface area contributed by atoms with Gasteiger partial charge in [-0.2, -0.15) is 5.10 Å².